The van der Waals surface area contributed by atoms with Gasteiger partial charge in [-0.15, -0.1) is 35.7 Å². The van der Waals surface area contributed by atoms with Gasteiger partial charge in [0.25, 0.3) is 0 Å². The smallest absolute Gasteiger partial charge is 0.191 e. The highest BCUT2D eigenvalue weighted by atomic mass is 127. The van der Waals surface area contributed by atoms with E-state index in [9.17, 15) is 0 Å². The highest BCUT2D eigenvalue weighted by Gasteiger charge is 2.34. The van der Waals surface area contributed by atoms with Crippen molar-refractivity contribution in [2.24, 2.45) is 10.9 Å². The van der Waals surface area contributed by atoms with E-state index in [0.29, 0.717) is 0 Å². The van der Waals surface area contributed by atoms with Gasteiger partial charge in [-0.3, -0.25) is 4.99 Å². The lowest BCUT2D eigenvalue weighted by molar-refractivity contribution is 0.314. The summed E-state index contributed by atoms with van der Waals surface area (Å²) in [6.45, 7) is 6.51. The van der Waals surface area contributed by atoms with Crippen molar-refractivity contribution in [1.29, 1.82) is 0 Å². The van der Waals surface area contributed by atoms with Gasteiger partial charge in [0, 0.05) is 37.6 Å². The van der Waals surface area contributed by atoms with Crippen LogP contribution in [0.4, 0.5) is 0 Å². The van der Waals surface area contributed by atoms with E-state index in [-0.39, 0.29) is 24.0 Å². The van der Waals surface area contributed by atoms with E-state index < -0.39 is 0 Å². The first kappa shape index (κ1) is 20.8. The number of nitrogens with zero attached hydrogens (tertiary/aromatic N) is 2. The monoisotopic (exact) mass is 474 g/mol. The fourth-order valence-electron chi connectivity index (χ4n) is 3.44. The highest BCUT2D eigenvalue weighted by Crippen LogP contribution is 2.31. The maximum absolute atomic E-state index is 4.38. The molecule has 0 amide bonds. The van der Waals surface area contributed by atoms with Crippen LogP contribution in [0.2, 0.25) is 0 Å². The maximum atomic E-state index is 4.38. The number of thioether (sulfide) groups is 1. The third-order valence-electron chi connectivity index (χ3n) is 5.05. The number of hydrogen-bond acceptors (Lipinski definition) is 3. The first-order valence-electron chi connectivity index (χ1n) is 9.01. The Hall–Kier alpha value is -0.470. The lowest BCUT2D eigenvalue weighted by atomic mass is 10.1. The van der Waals surface area contributed by atoms with E-state index in [1.165, 1.54) is 48.4 Å². The van der Waals surface area contributed by atoms with Gasteiger partial charge in [-0.05, 0) is 62.1 Å². The molecule has 140 valence electrons. The Balaban J connectivity index is 0.00000225. The third-order valence-corrected chi connectivity index (χ3v) is 5.87. The van der Waals surface area contributed by atoms with Crippen LogP contribution in [0, 0.1) is 12.8 Å². The van der Waals surface area contributed by atoms with Gasteiger partial charge < -0.3 is 15.5 Å². The van der Waals surface area contributed by atoms with Gasteiger partial charge in [0.15, 0.2) is 5.96 Å². The molecular weight excluding hydrogens is 443 g/mol. The Kier molecular flexibility index (Phi) is 8.35. The van der Waals surface area contributed by atoms with Crippen molar-refractivity contribution in [3.8, 4) is 0 Å². The average Bonchev–Trinajstić information content (AvgIpc) is 3.34. The van der Waals surface area contributed by atoms with Crippen LogP contribution in [-0.2, 0) is 6.54 Å². The number of halogens is 1. The van der Waals surface area contributed by atoms with Crippen molar-refractivity contribution >= 4 is 41.7 Å². The summed E-state index contributed by atoms with van der Waals surface area (Å²) in [6.07, 6.45) is 6.28. The Labute approximate surface area is 173 Å². The molecule has 0 radical (unpaired) electrons. The van der Waals surface area contributed by atoms with Crippen molar-refractivity contribution in [3.05, 3.63) is 29.3 Å². The lowest BCUT2D eigenvalue weighted by Crippen LogP contribution is -2.40. The standard InChI is InChI=1S/C19H30N4S.HI/c1-14-4-5-16(18(10-14)24-3)12-22-19(20-2)21-11-15-8-9-23(13-15)17-6-7-17;/h4-5,10,15,17H,6-9,11-13H2,1-3H3,(H2,20,21,22);1H. The van der Waals surface area contributed by atoms with Crippen molar-refractivity contribution in [2.45, 2.75) is 43.7 Å². The number of aliphatic imine (C=N–C) groups is 1. The normalized spacial score (nSPS) is 21.1. The Morgan fingerprint density at radius 2 is 2.08 bits per heavy atom. The molecule has 0 bridgehead atoms. The van der Waals surface area contributed by atoms with E-state index in [0.717, 1.165) is 31.0 Å². The molecule has 1 aliphatic heterocycles. The Morgan fingerprint density at radius 3 is 2.76 bits per heavy atom. The van der Waals surface area contributed by atoms with Crippen molar-refractivity contribution in [2.75, 3.05) is 32.9 Å². The first-order chi connectivity index (χ1) is 11.7. The molecule has 1 aromatic rings. The second-order valence-electron chi connectivity index (χ2n) is 7.00. The number of guanidine groups is 1. The van der Waals surface area contributed by atoms with Crippen LogP contribution in [0.1, 0.15) is 30.4 Å². The zero-order valence-corrected chi connectivity index (χ0v) is 18.7. The molecular formula is C19H31IN4S. The molecule has 1 heterocycles. The van der Waals surface area contributed by atoms with Crippen molar-refractivity contribution in [1.82, 2.24) is 15.5 Å². The number of hydrogen-bond donors (Lipinski definition) is 2. The summed E-state index contributed by atoms with van der Waals surface area (Å²) in [7, 11) is 1.85. The molecule has 1 saturated heterocycles. The second kappa shape index (κ2) is 10.0. The molecule has 2 fully saturated rings. The van der Waals surface area contributed by atoms with Crippen LogP contribution < -0.4 is 10.6 Å². The molecule has 1 saturated carbocycles. The van der Waals surface area contributed by atoms with Crippen LogP contribution >= 0.6 is 35.7 Å². The summed E-state index contributed by atoms with van der Waals surface area (Å²) < 4.78 is 0. The highest BCUT2D eigenvalue weighted by molar-refractivity contribution is 14.0. The minimum absolute atomic E-state index is 0. The minimum Gasteiger partial charge on any atom is -0.356 e. The van der Waals surface area contributed by atoms with Crippen LogP contribution in [0.15, 0.2) is 28.1 Å². The molecule has 2 N–H and O–H groups in total. The molecule has 6 heteroatoms. The summed E-state index contributed by atoms with van der Waals surface area (Å²) in [6, 6.07) is 7.55. The Bertz CT molecular complexity index is 589. The molecule has 25 heavy (non-hydrogen) atoms. The van der Waals surface area contributed by atoms with E-state index in [2.05, 4.69) is 51.9 Å². The topological polar surface area (TPSA) is 39.7 Å². The van der Waals surface area contributed by atoms with Crippen LogP contribution in [0.5, 0.6) is 0 Å². The fourth-order valence-corrected chi connectivity index (χ4v) is 4.15. The van der Waals surface area contributed by atoms with Crippen LogP contribution in [0.3, 0.4) is 0 Å². The molecule has 1 unspecified atom stereocenters. The second-order valence-corrected chi connectivity index (χ2v) is 7.85. The molecule has 1 atom stereocenters. The molecule has 2 aliphatic rings. The number of benzene rings is 1. The summed E-state index contributed by atoms with van der Waals surface area (Å²) >= 11 is 1.81. The van der Waals surface area contributed by atoms with Gasteiger partial charge in [0.05, 0.1) is 0 Å². The van der Waals surface area contributed by atoms with Gasteiger partial charge in [-0.25, -0.2) is 0 Å². The largest absolute Gasteiger partial charge is 0.356 e. The summed E-state index contributed by atoms with van der Waals surface area (Å²) in [5, 5.41) is 6.98. The van der Waals surface area contributed by atoms with Gasteiger partial charge in [-0.1, -0.05) is 12.1 Å². The fraction of sp³-hybridized carbons (Fsp3) is 0.632. The molecule has 3 rings (SSSR count). The number of likely N-dealkylation sites (tertiary alicyclic amines) is 1. The lowest BCUT2D eigenvalue weighted by Gasteiger charge is -2.17. The molecule has 0 spiro atoms. The van der Waals surface area contributed by atoms with E-state index in [1.54, 1.807) is 11.8 Å². The van der Waals surface area contributed by atoms with Gasteiger partial charge in [-0.2, -0.15) is 0 Å². The summed E-state index contributed by atoms with van der Waals surface area (Å²) in [5.74, 6) is 1.66. The minimum atomic E-state index is 0. The quantitative estimate of drug-likeness (QED) is 0.287. The molecule has 1 aromatic carbocycles. The predicted octanol–water partition coefficient (Wildman–Crippen LogP) is 3.48. The SMILES string of the molecule is CN=C(NCc1ccc(C)cc1SC)NCC1CCN(C2CC2)C1.I. The molecule has 0 aromatic heterocycles. The summed E-state index contributed by atoms with van der Waals surface area (Å²) in [4.78, 5) is 8.39. The average molecular weight is 474 g/mol. The predicted molar refractivity (Wildman–Crippen MR) is 119 cm³/mol. The number of rotatable bonds is 6. The van der Waals surface area contributed by atoms with E-state index >= 15 is 0 Å². The van der Waals surface area contributed by atoms with Crippen LogP contribution in [-0.4, -0.2) is 49.8 Å². The number of nitrogens with one attached hydrogen (secondary N) is 2. The van der Waals surface area contributed by atoms with Gasteiger partial charge in [0.2, 0.25) is 0 Å². The number of aryl methyl sites for hydroxylation is 1. The Morgan fingerprint density at radius 1 is 1.28 bits per heavy atom. The molecule has 4 nitrogen and oxygen atoms in total. The zero-order valence-electron chi connectivity index (χ0n) is 15.5. The summed E-state index contributed by atoms with van der Waals surface area (Å²) in [5.41, 5.74) is 2.64. The molecule has 1 aliphatic carbocycles. The van der Waals surface area contributed by atoms with Crippen molar-refractivity contribution < 1.29 is 0 Å². The van der Waals surface area contributed by atoms with Crippen molar-refractivity contribution in [3.63, 3.8) is 0 Å². The van der Waals surface area contributed by atoms with Crippen LogP contribution in [0.25, 0.3) is 0 Å². The van der Waals surface area contributed by atoms with Gasteiger partial charge >= 0.3 is 0 Å². The van der Waals surface area contributed by atoms with E-state index in [4.69, 9.17) is 0 Å². The third kappa shape index (κ3) is 6.03. The zero-order chi connectivity index (χ0) is 16.9. The maximum Gasteiger partial charge on any atom is 0.191 e. The van der Waals surface area contributed by atoms with E-state index in [1.807, 2.05) is 7.05 Å². The first-order valence-corrected chi connectivity index (χ1v) is 10.2. The van der Waals surface area contributed by atoms with Gasteiger partial charge in [0.1, 0.15) is 0 Å².